The lowest BCUT2D eigenvalue weighted by Gasteiger charge is -2.28. The number of phenolic OH excluding ortho intramolecular Hbond substituents is 2. The molecule has 4 N–H and O–H groups in total. The van der Waals surface area contributed by atoms with Crippen LogP contribution in [0.4, 0.5) is 0 Å². The highest BCUT2D eigenvalue weighted by Gasteiger charge is 2.28. The number of aryl methyl sites for hydroxylation is 2. The minimum absolute atomic E-state index is 0.0690. The number of carbonyl (C=O) groups excluding carboxylic acids is 2. The normalized spacial score (nSPS) is 12.8. The first kappa shape index (κ1) is 35.2. The van der Waals surface area contributed by atoms with Crippen LogP contribution >= 0.6 is 0 Å². The van der Waals surface area contributed by atoms with Crippen molar-refractivity contribution in [3.05, 3.63) is 57.6 Å². The van der Waals surface area contributed by atoms with Crippen molar-refractivity contribution in [2.45, 2.75) is 130 Å². The maximum Gasteiger partial charge on any atom is 0.220 e. The van der Waals surface area contributed by atoms with Crippen molar-refractivity contribution in [3.8, 4) is 11.5 Å². The number of benzene rings is 2. The van der Waals surface area contributed by atoms with Crippen molar-refractivity contribution >= 4 is 11.8 Å². The zero-order chi connectivity index (χ0) is 32.3. The van der Waals surface area contributed by atoms with Gasteiger partial charge in [-0.15, -0.1) is 0 Å². The quantitative estimate of drug-likeness (QED) is 0.238. The Labute approximate surface area is 254 Å². The monoisotopic (exact) mass is 580 g/mol. The summed E-state index contributed by atoms with van der Waals surface area (Å²) in [5.74, 6) is 0.545. The molecule has 42 heavy (non-hydrogen) atoms. The minimum atomic E-state index is -0.216. The van der Waals surface area contributed by atoms with Gasteiger partial charge in [0.15, 0.2) is 0 Å². The van der Waals surface area contributed by atoms with Gasteiger partial charge in [-0.2, -0.15) is 0 Å². The summed E-state index contributed by atoms with van der Waals surface area (Å²) >= 11 is 0. The molecule has 0 bridgehead atoms. The third-order valence-corrected chi connectivity index (χ3v) is 7.62. The smallest absolute Gasteiger partial charge is 0.220 e. The van der Waals surface area contributed by atoms with Crippen LogP contribution in [-0.2, 0) is 44.1 Å². The molecule has 0 aliphatic heterocycles. The number of phenols is 2. The van der Waals surface area contributed by atoms with Crippen molar-refractivity contribution in [2.75, 3.05) is 13.1 Å². The molecule has 0 aliphatic carbocycles. The molecule has 2 aromatic rings. The average molecular weight is 581 g/mol. The van der Waals surface area contributed by atoms with E-state index < -0.39 is 0 Å². The van der Waals surface area contributed by atoms with E-state index in [1.54, 1.807) is 0 Å². The molecular weight excluding hydrogens is 524 g/mol. The summed E-state index contributed by atoms with van der Waals surface area (Å²) in [7, 11) is 0. The van der Waals surface area contributed by atoms with Crippen LogP contribution in [0.15, 0.2) is 24.3 Å². The minimum Gasteiger partial charge on any atom is -0.507 e. The summed E-state index contributed by atoms with van der Waals surface area (Å²) < 4.78 is 0. The van der Waals surface area contributed by atoms with Crippen molar-refractivity contribution < 1.29 is 19.8 Å². The Morgan fingerprint density at radius 2 is 0.762 bits per heavy atom. The van der Waals surface area contributed by atoms with Crippen molar-refractivity contribution in [1.82, 2.24) is 10.6 Å². The second kappa shape index (κ2) is 13.1. The number of carbonyl (C=O) groups is 2. The van der Waals surface area contributed by atoms with Crippen LogP contribution in [-0.4, -0.2) is 35.1 Å². The predicted molar refractivity (Wildman–Crippen MR) is 174 cm³/mol. The fraction of sp³-hybridized carbons (Fsp3) is 0.611. The second-order valence-electron chi connectivity index (χ2n) is 15.8. The fourth-order valence-electron chi connectivity index (χ4n) is 5.06. The Kier molecular flexibility index (Phi) is 11.0. The van der Waals surface area contributed by atoms with Gasteiger partial charge in [0, 0.05) is 25.9 Å². The Bertz CT molecular complexity index is 1100. The van der Waals surface area contributed by atoms with Gasteiger partial charge in [0.25, 0.3) is 0 Å². The molecule has 2 aromatic carbocycles. The highest BCUT2D eigenvalue weighted by atomic mass is 16.3. The molecule has 2 amide bonds. The lowest BCUT2D eigenvalue weighted by atomic mass is 9.78. The first-order valence-corrected chi connectivity index (χ1v) is 15.3. The molecular formula is C36H56N2O4. The largest absolute Gasteiger partial charge is 0.507 e. The Morgan fingerprint density at radius 3 is 0.976 bits per heavy atom. The predicted octanol–water partition coefficient (Wildman–Crippen LogP) is 7.09. The van der Waals surface area contributed by atoms with Gasteiger partial charge in [0.1, 0.15) is 11.5 Å². The lowest BCUT2D eigenvalue weighted by molar-refractivity contribution is -0.122. The third kappa shape index (κ3) is 9.78. The van der Waals surface area contributed by atoms with E-state index in [0.29, 0.717) is 50.3 Å². The van der Waals surface area contributed by atoms with Gasteiger partial charge in [-0.25, -0.2) is 0 Å². The van der Waals surface area contributed by atoms with Crippen LogP contribution in [0.3, 0.4) is 0 Å². The Balaban J connectivity index is 1.91. The van der Waals surface area contributed by atoms with Gasteiger partial charge >= 0.3 is 0 Å². The van der Waals surface area contributed by atoms with Crippen LogP contribution in [0, 0.1) is 0 Å². The molecule has 0 aromatic heterocycles. The molecule has 0 saturated heterocycles. The topological polar surface area (TPSA) is 98.7 Å². The van der Waals surface area contributed by atoms with E-state index in [1.807, 2.05) is 24.3 Å². The maximum atomic E-state index is 12.6. The zero-order valence-corrected chi connectivity index (χ0v) is 28.3. The Hall–Kier alpha value is -3.02. The number of aromatic hydroxyl groups is 2. The summed E-state index contributed by atoms with van der Waals surface area (Å²) in [4.78, 5) is 25.1. The molecule has 0 unspecified atom stereocenters. The average Bonchev–Trinajstić information content (AvgIpc) is 2.82. The van der Waals surface area contributed by atoms with Gasteiger partial charge < -0.3 is 20.8 Å². The number of hydrogen-bond acceptors (Lipinski definition) is 4. The summed E-state index contributed by atoms with van der Waals surface area (Å²) in [5.41, 5.74) is 4.77. The molecule has 0 aliphatic rings. The molecule has 0 saturated carbocycles. The first-order valence-electron chi connectivity index (χ1n) is 15.3. The van der Waals surface area contributed by atoms with Crippen molar-refractivity contribution in [1.29, 1.82) is 0 Å². The molecule has 0 radical (unpaired) electrons. The molecule has 0 atom stereocenters. The Morgan fingerprint density at radius 1 is 0.524 bits per heavy atom. The molecule has 6 nitrogen and oxygen atoms in total. The number of nitrogens with one attached hydrogen (secondary N) is 2. The van der Waals surface area contributed by atoms with Gasteiger partial charge in [0.05, 0.1) is 0 Å². The van der Waals surface area contributed by atoms with E-state index in [1.165, 1.54) is 0 Å². The molecule has 2 rings (SSSR count). The number of amides is 2. The summed E-state index contributed by atoms with van der Waals surface area (Å²) in [6.45, 7) is 25.7. The molecule has 234 valence electrons. The number of rotatable bonds is 9. The molecule has 0 spiro atoms. The SMILES string of the molecule is CC(C)(C)c1cc(CCC(=O)NCCNC(=O)CCc2cc(C(C)(C)C)c(O)c(C(C)(C)C)c2)cc(C(C)(C)C)c1O. The van der Waals surface area contributed by atoms with E-state index in [2.05, 4.69) is 93.7 Å². The standard InChI is InChI=1S/C36H56N2O4/c1-33(2,3)25-19-23(20-26(31(25)41)34(4,5)6)13-15-29(39)37-17-18-38-30(40)16-14-24-21-27(35(7,8)9)32(42)28(22-24)36(10,11)12/h19-22,41-42H,13-18H2,1-12H3,(H,37,39)(H,38,40). The van der Waals surface area contributed by atoms with Crippen LogP contribution < -0.4 is 10.6 Å². The third-order valence-electron chi connectivity index (χ3n) is 7.62. The highest BCUT2D eigenvalue weighted by Crippen LogP contribution is 2.41. The van der Waals surface area contributed by atoms with Crippen LogP contribution in [0.5, 0.6) is 11.5 Å². The molecule has 0 fully saturated rings. The van der Waals surface area contributed by atoms with E-state index in [0.717, 1.165) is 33.4 Å². The summed E-state index contributed by atoms with van der Waals surface area (Å²) in [6.07, 6.45) is 1.81. The number of hydrogen-bond donors (Lipinski definition) is 4. The molecule has 6 heteroatoms. The fourth-order valence-corrected chi connectivity index (χ4v) is 5.06. The van der Waals surface area contributed by atoms with E-state index in [-0.39, 0.29) is 33.5 Å². The van der Waals surface area contributed by atoms with Gasteiger partial charge in [-0.3, -0.25) is 9.59 Å². The van der Waals surface area contributed by atoms with Gasteiger partial charge in [-0.05, 0) is 67.9 Å². The maximum absolute atomic E-state index is 12.6. The van der Waals surface area contributed by atoms with Crippen LogP contribution in [0.2, 0.25) is 0 Å². The highest BCUT2D eigenvalue weighted by molar-refractivity contribution is 5.77. The van der Waals surface area contributed by atoms with E-state index >= 15 is 0 Å². The van der Waals surface area contributed by atoms with E-state index in [9.17, 15) is 19.8 Å². The lowest BCUT2D eigenvalue weighted by Crippen LogP contribution is -2.34. The van der Waals surface area contributed by atoms with Gasteiger partial charge in [-0.1, -0.05) is 107 Å². The van der Waals surface area contributed by atoms with Crippen LogP contribution in [0.1, 0.15) is 129 Å². The van der Waals surface area contributed by atoms with Crippen molar-refractivity contribution in [2.24, 2.45) is 0 Å². The van der Waals surface area contributed by atoms with Crippen molar-refractivity contribution in [3.63, 3.8) is 0 Å². The van der Waals surface area contributed by atoms with Crippen LogP contribution in [0.25, 0.3) is 0 Å². The first-order chi connectivity index (χ1) is 19.0. The zero-order valence-electron chi connectivity index (χ0n) is 28.3. The van der Waals surface area contributed by atoms with E-state index in [4.69, 9.17) is 0 Å². The van der Waals surface area contributed by atoms with Gasteiger partial charge in [0.2, 0.25) is 11.8 Å². The second-order valence-corrected chi connectivity index (χ2v) is 15.8. The molecule has 0 heterocycles. The summed E-state index contributed by atoms with van der Waals surface area (Å²) in [6, 6.07) is 8.06. The summed E-state index contributed by atoms with van der Waals surface area (Å²) in [5, 5.41) is 27.7.